The molecule has 0 spiro atoms. The van der Waals surface area contributed by atoms with Crippen LogP contribution in [0.2, 0.25) is 0 Å². The van der Waals surface area contributed by atoms with Crippen molar-refractivity contribution in [2.24, 2.45) is 7.05 Å². The van der Waals surface area contributed by atoms with Crippen LogP contribution in [0.1, 0.15) is 18.4 Å². The summed E-state index contributed by atoms with van der Waals surface area (Å²) in [6.45, 7) is 0. The Morgan fingerprint density at radius 1 is 1.47 bits per heavy atom. The summed E-state index contributed by atoms with van der Waals surface area (Å²) in [6.07, 6.45) is 2.58. The Morgan fingerprint density at radius 3 is 3.00 bits per heavy atom. The van der Waals surface area contributed by atoms with Crippen LogP contribution in [0.5, 0.6) is 0 Å². The molecule has 0 unspecified atom stereocenters. The van der Waals surface area contributed by atoms with Gasteiger partial charge in [0.2, 0.25) is 0 Å². The van der Waals surface area contributed by atoms with E-state index in [2.05, 4.69) is 10.3 Å². The third kappa shape index (κ3) is 1.51. The van der Waals surface area contributed by atoms with Crippen LogP contribution in [0.25, 0.3) is 11.0 Å². The van der Waals surface area contributed by atoms with Crippen LogP contribution in [-0.4, -0.2) is 25.7 Å². The quantitative estimate of drug-likeness (QED) is 0.793. The van der Waals surface area contributed by atoms with Gasteiger partial charge in [-0.15, -0.1) is 5.10 Å². The predicted molar refractivity (Wildman–Crippen MR) is 56.4 cm³/mol. The lowest BCUT2D eigenvalue weighted by Crippen LogP contribution is -2.10. The van der Waals surface area contributed by atoms with E-state index in [4.69, 9.17) is 0 Å². The van der Waals surface area contributed by atoms with Gasteiger partial charge in [-0.1, -0.05) is 11.3 Å². The number of aryl methyl sites for hydroxylation is 1. The van der Waals surface area contributed by atoms with Gasteiger partial charge in [-0.2, -0.15) is 0 Å². The Kier molecular flexibility index (Phi) is 1.65. The molecular formula is C11H13N3O. The SMILES string of the molecule is Cn1nnc2cc(CC3(O)CC3)ccc21. The molecule has 1 saturated carbocycles. The van der Waals surface area contributed by atoms with Crippen molar-refractivity contribution in [3.05, 3.63) is 23.8 Å². The van der Waals surface area contributed by atoms with Crippen molar-refractivity contribution in [2.75, 3.05) is 0 Å². The van der Waals surface area contributed by atoms with Gasteiger partial charge in [-0.3, -0.25) is 0 Å². The number of nitrogens with zero attached hydrogens (tertiary/aromatic N) is 3. The first kappa shape index (κ1) is 8.85. The Labute approximate surface area is 87.5 Å². The van der Waals surface area contributed by atoms with Crippen molar-refractivity contribution in [1.29, 1.82) is 0 Å². The van der Waals surface area contributed by atoms with Crippen LogP contribution in [0.15, 0.2) is 18.2 Å². The predicted octanol–water partition coefficient (Wildman–Crippen LogP) is 1.04. The molecule has 1 heterocycles. The summed E-state index contributed by atoms with van der Waals surface area (Å²) in [7, 11) is 1.88. The molecule has 4 nitrogen and oxygen atoms in total. The molecule has 0 aliphatic heterocycles. The molecule has 78 valence electrons. The van der Waals surface area contributed by atoms with E-state index >= 15 is 0 Å². The largest absolute Gasteiger partial charge is 0.390 e. The van der Waals surface area contributed by atoms with Crippen LogP contribution >= 0.6 is 0 Å². The first-order chi connectivity index (χ1) is 7.16. The minimum atomic E-state index is -0.435. The first-order valence-electron chi connectivity index (χ1n) is 5.17. The third-order valence-electron chi connectivity index (χ3n) is 3.04. The van der Waals surface area contributed by atoms with Gasteiger partial charge in [0.25, 0.3) is 0 Å². The minimum Gasteiger partial charge on any atom is -0.390 e. The second kappa shape index (κ2) is 2.79. The molecule has 0 amide bonds. The molecule has 0 bridgehead atoms. The zero-order valence-electron chi connectivity index (χ0n) is 8.64. The van der Waals surface area contributed by atoms with Crippen molar-refractivity contribution >= 4 is 11.0 Å². The van der Waals surface area contributed by atoms with Crippen molar-refractivity contribution in [2.45, 2.75) is 24.9 Å². The zero-order chi connectivity index (χ0) is 10.5. The van der Waals surface area contributed by atoms with Crippen molar-refractivity contribution < 1.29 is 5.11 Å². The lowest BCUT2D eigenvalue weighted by atomic mass is 10.1. The molecule has 1 N–H and O–H groups in total. The molecule has 0 atom stereocenters. The van der Waals surface area contributed by atoms with Crippen LogP contribution in [0, 0.1) is 0 Å². The van der Waals surface area contributed by atoms with Gasteiger partial charge in [0.15, 0.2) is 0 Å². The van der Waals surface area contributed by atoms with E-state index < -0.39 is 5.60 Å². The van der Waals surface area contributed by atoms with Gasteiger partial charge in [0.05, 0.1) is 11.1 Å². The molecule has 2 aromatic rings. The summed E-state index contributed by atoms with van der Waals surface area (Å²) in [5, 5.41) is 17.8. The molecule has 15 heavy (non-hydrogen) atoms. The number of aliphatic hydroxyl groups is 1. The maximum Gasteiger partial charge on any atom is 0.113 e. The Balaban J connectivity index is 1.99. The lowest BCUT2D eigenvalue weighted by molar-refractivity contribution is 0.151. The maximum atomic E-state index is 9.82. The van der Waals surface area contributed by atoms with Gasteiger partial charge in [0.1, 0.15) is 5.52 Å². The minimum absolute atomic E-state index is 0.435. The summed E-state index contributed by atoms with van der Waals surface area (Å²) in [6, 6.07) is 6.07. The fourth-order valence-electron chi connectivity index (χ4n) is 1.90. The molecule has 1 aromatic carbocycles. The Bertz CT molecular complexity index is 514. The van der Waals surface area contributed by atoms with Gasteiger partial charge in [0, 0.05) is 13.5 Å². The van der Waals surface area contributed by atoms with E-state index in [0.29, 0.717) is 0 Å². The molecule has 3 rings (SSSR count). The number of aromatic nitrogens is 3. The summed E-state index contributed by atoms with van der Waals surface area (Å²) >= 11 is 0. The highest BCUT2D eigenvalue weighted by atomic mass is 16.3. The van der Waals surface area contributed by atoms with E-state index in [1.54, 1.807) is 4.68 Å². The normalized spacial score (nSPS) is 18.3. The summed E-state index contributed by atoms with van der Waals surface area (Å²) in [4.78, 5) is 0. The highest BCUT2D eigenvalue weighted by Crippen LogP contribution is 2.38. The smallest absolute Gasteiger partial charge is 0.113 e. The van der Waals surface area contributed by atoms with Crippen LogP contribution in [-0.2, 0) is 13.5 Å². The summed E-state index contributed by atoms with van der Waals surface area (Å²) in [5.74, 6) is 0. The van der Waals surface area contributed by atoms with Crippen molar-refractivity contribution in [1.82, 2.24) is 15.0 Å². The molecule has 4 heteroatoms. The standard InChI is InChI=1S/C11H13N3O/c1-14-10-3-2-8(6-9(10)12-13-14)7-11(15)4-5-11/h2-3,6,15H,4-5,7H2,1H3. The molecule has 1 aliphatic carbocycles. The van der Waals surface area contributed by atoms with Crippen LogP contribution < -0.4 is 0 Å². The number of rotatable bonds is 2. The molecule has 1 aromatic heterocycles. The van der Waals surface area contributed by atoms with Gasteiger partial charge in [-0.25, -0.2) is 4.68 Å². The second-order valence-electron chi connectivity index (χ2n) is 4.44. The maximum absolute atomic E-state index is 9.82. The molecule has 0 saturated heterocycles. The van der Waals surface area contributed by atoms with E-state index in [9.17, 15) is 5.11 Å². The lowest BCUT2D eigenvalue weighted by Gasteiger charge is -2.06. The third-order valence-corrected chi connectivity index (χ3v) is 3.04. The number of fused-ring (bicyclic) bond motifs is 1. The van der Waals surface area contributed by atoms with Crippen LogP contribution in [0.3, 0.4) is 0 Å². The average Bonchev–Trinajstić information content (AvgIpc) is 2.81. The van der Waals surface area contributed by atoms with Gasteiger partial charge >= 0.3 is 0 Å². The molecular weight excluding hydrogens is 190 g/mol. The van der Waals surface area contributed by atoms with E-state index in [0.717, 1.165) is 35.9 Å². The number of hydrogen-bond acceptors (Lipinski definition) is 3. The zero-order valence-corrected chi connectivity index (χ0v) is 8.64. The van der Waals surface area contributed by atoms with E-state index in [-0.39, 0.29) is 0 Å². The van der Waals surface area contributed by atoms with Crippen LogP contribution in [0.4, 0.5) is 0 Å². The Morgan fingerprint density at radius 2 is 2.27 bits per heavy atom. The van der Waals surface area contributed by atoms with E-state index in [1.807, 2.05) is 25.2 Å². The average molecular weight is 203 g/mol. The summed E-state index contributed by atoms with van der Waals surface area (Å²) < 4.78 is 1.75. The molecule has 1 aliphatic rings. The van der Waals surface area contributed by atoms with Crippen molar-refractivity contribution in [3.8, 4) is 0 Å². The van der Waals surface area contributed by atoms with E-state index in [1.165, 1.54) is 0 Å². The highest BCUT2D eigenvalue weighted by molar-refractivity contribution is 5.74. The monoisotopic (exact) mass is 203 g/mol. The number of benzene rings is 1. The van der Waals surface area contributed by atoms with Gasteiger partial charge < -0.3 is 5.11 Å². The number of hydrogen-bond donors (Lipinski definition) is 1. The topological polar surface area (TPSA) is 50.9 Å². The second-order valence-corrected chi connectivity index (χ2v) is 4.44. The molecule has 0 radical (unpaired) electrons. The molecule has 1 fully saturated rings. The Hall–Kier alpha value is -1.42. The van der Waals surface area contributed by atoms with Gasteiger partial charge in [-0.05, 0) is 30.5 Å². The fraction of sp³-hybridized carbons (Fsp3) is 0.455. The first-order valence-corrected chi connectivity index (χ1v) is 5.17. The van der Waals surface area contributed by atoms with Crippen molar-refractivity contribution in [3.63, 3.8) is 0 Å². The highest BCUT2D eigenvalue weighted by Gasteiger charge is 2.40. The summed E-state index contributed by atoms with van der Waals surface area (Å²) in [5.41, 5.74) is 2.64. The fourth-order valence-corrected chi connectivity index (χ4v) is 1.90.